The zero-order valence-electron chi connectivity index (χ0n) is 10.8. The van der Waals surface area contributed by atoms with E-state index >= 15 is 0 Å². The Hall–Kier alpha value is -1.88. The molecule has 1 saturated heterocycles. The van der Waals surface area contributed by atoms with Gasteiger partial charge in [-0.15, -0.1) is 0 Å². The number of esters is 1. The first-order chi connectivity index (χ1) is 9.19. The quantitative estimate of drug-likeness (QED) is 0.844. The van der Waals surface area contributed by atoms with Crippen molar-refractivity contribution in [1.82, 2.24) is 0 Å². The number of carbonyl (C=O) groups is 2. The van der Waals surface area contributed by atoms with Crippen molar-refractivity contribution < 1.29 is 19.1 Å². The van der Waals surface area contributed by atoms with Gasteiger partial charge in [0.25, 0.3) is 0 Å². The van der Waals surface area contributed by atoms with Crippen molar-refractivity contribution in [3.8, 4) is 0 Å². The van der Waals surface area contributed by atoms with Crippen molar-refractivity contribution in [2.75, 3.05) is 19.0 Å². The molecule has 19 heavy (non-hydrogen) atoms. The first-order valence-corrected chi connectivity index (χ1v) is 6.29. The molecule has 1 unspecified atom stereocenters. The lowest BCUT2D eigenvalue weighted by molar-refractivity contribution is -0.118. The monoisotopic (exact) mass is 263 g/mol. The standard InChI is InChI=1S/C14H17NO4/c1-18-14(17)10-4-6-11(7-5-10)15-13(16)9-12-3-2-8-19-12/h4-7,12H,2-3,8-9H2,1H3,(H,15,16). The van der Waals surface area contributed by atoms with E-state index in [1.54, 1.807) is 24.3 Å². The van der Waals surface area contributed by atoms with Crippen LogP contribution in [0.3, 0.4) is 0 Å². The second-order valence-corrected chi connectivity index (χ2v) is 4.46. The average Bonchev–Trinajstić information content (AvgIpc) is 2.91. The summed E-state index contributed by atoms with van der Waals surface area (Å²) < 4.78 is 10.0. The molecule has 0 aromatic heterocycles. The summed E-state index contributed by atoms with van der Waals surface area (Å²) in [5, 5.41) is 2.78. The predicted octanol–water partition coefficient (Wildman–Crippen LogP) is 1.98. The molecule has 1 aliphatic rings. The van der Waals surface area contributed by atoms with Crippen LogP contribution in [-0.2, 0) is 14.3 Å². The van der Waals surface area contributed by atoms with Crippen molar-refractivity contribution >= 4 is 17.6 Å². The molecule has 1 fully saturated rings. The topological polar surface area (TPSA) is 64.6 Å². The summed E-state index contributed by atoms with van der Waals surface area (Å²) in [6.45, 7) is 0.742. The van der Waals surface area contributed by atoms with Gasteiger partial charge in [0.05, 0.1) is 25.2 Å². The Balaban J connectivity index is 1.88. The van der Waals surface area contributed by atoms with Crippen LogP contribution < -0.4 is 5.32 Å². The highest BCUT2D eigenvalue weighted by atomic mass is 16.5. The van der Waals surface area contributed by atoms with Crippen molar-refractivity contribution in [2.24, 2.45) is 0 Å². The second kappa shape index (κ2) is 6.33. The molecular formula is C14H17NO4. The largest absolute Gasteiger partial charge is 0.465 e. The summed E-state index contributed by atoms with van der Waals surface area (Å²) in [6, 6.07) is 6.60. The van der Waals surface area contributed by atoms with Crippen LogP contribution in [0.25, 0.3) is 0 Å². The lowest BCUT2D eigenvalue weighted by atomic mass is 10.1. The van der Waals surface area contributed by atoms with Gasteiger partial charge in [-0.25, -0.2) is 4.79 Å². The molecule has 1 amide bonds. The summed E-state index contributed by atoms with van der Waals surface area (Å²) in [7, 11) is 1.33. The van der Waals surface area contributed by atoms with Crippen LogP contribution >= 0.6 is 0 Å². The van der Waals surface area contributed by atoms with Gasteiger partial charge in [-0.05, 0) is 37.1 Å². The van der Waals surface area contributed by atoms with E-state index in [9.17, 15) is 9.59 Å². The van der Waals surface area contributed by atoms with Crippen molar-refractivity contribution in [1.29, 1.82) is 0 Å². The third kappa shape index (κ3) is 3.79. The fourth-order valence-electron chi connectivity index (χ4n) is 2.03. The molecule has 1 aromatic carbocycles. The number of rotatable bonds is 4. The van der Waals surface area contributed by atoms with E-state index in [1.807, 2.05) is 0 Å². The third-order valence-corrected chi connectivity index (χ3v) is 3.03. The normalized spacial score (nSPS) is 18.1. The Bertz CT molecular complexity index is 449. The molecule has 1 N–H and O–H groups in total. The SMILES string of the molecule is COC(=O)c1ccc(NC(=O)CC2CCCO2)cc1. The van der Waals surface area contributed by atoms with E-state index < -0.39 is 5.97 Å². The molecule has 0 radical (unpaired) electrons. The highest BCUT2D eigenvalue weighted by Gasteiger charge is 2.19. The summed E-state index contributed by atoms with van der Waals surface area (Å²) in [5.74, 6) is -0.463. The minimum atomic E-state index is -0.391. The van der Waals surface area contributed by atoms with Gasteiger partial charge in [0, 0.05) is 12.3 Å². The van der Waals surface area contributed by atoms with Gasteiger partial charge in [-0.3, -0.25) is 4.79 Å². The number of nitrogens with one attached hydrogen (secondary N) is 1. The van der Waals surface area contributed by atoms with E-state index in [0.29, 0.717) is 17.7 Å². The van der Waals surface area contributed by atoms with Gasteiger partial charge < -0.3 is 14.8 Å². The maximum absolute atomic E-state index is 11.8. The summed E-state index contributed by atoms with van der Waals surface area (Å²) in [4.78, 5) is 23.0. The van der Waals surface area contributed by atoms with Crippen LogP contribution in [0.1, 0.15) is 29.6 Å². The van der Waals surface area contributed by atoms with E-state index in [4.69, 9.17) is 4.74 Å². The summed E-state index contributed by atoms with van der Waals surface area (Å²) >= 11 is 0. The molecule has 1 heterocycles. The van der Waals surface area contributed by atoms with Gasteiger partial charge in [0.2, 0.25) is 5.91 Å². The Kier molecular flexibility index (Phi) is 4.52. The average molecular weight is 263 g/mol. The molecule has 102 valence electrons. The maximum Gasteiger partial charge on any atom is 0.337 e. The Morgan fingerprint density at radius 3 is 2.68 bits per heavy atom. The number of benzene rings is 1. The van der Waals surface area contributed by atoms with E-state index in [1.165, 1.54) is 7.11 Å². The number of amides is 1. The van der Waals surface area contributed by atoms with E-state index in [-0.39, 0.29) is 12.0 Å². The molecule has 1 aliphatic heterocycles. The molecule has 5 heteroatoms. The highest BCUT2D eigenvalue weighted by Crippen LogP contribution is 2.17. The van der Waals surface area contributed by atoms with Crippen LogP contribution in [0.5, 0.6) is 0 Å². The molecule has 5 nitrogen and oxygen atoms in total. The molecule has 1 aromatic rings. The van der Waals surface area contributed by atoms with Crippen LogP contribution in [0.2, 0.25) is 0 Å². The van der Waals surface area contributed by atoms with Gasteiger partial charge in [-0.1, -0.05) is 0 Å². The van der Waals surface area contributed by atoms with Crippen LogP contribution in [0.4, 0.5) is 5.69 Å². The first kappa shape index (κ1) is 13.5. The highest BCUT2D eigenvalue weighted by molar-refractivity contribution is 5.93. The Morgan fingerprint density at radius 1 is 1.37 bits per heavy atom. The van der Waals surface area contributed by atoms with Crippen LogP contribution in [-0.4, -0.2) is 31.7 Å². The lowest BCUT2D eigenvalue weighted by Gasteiger charge is -2.10. The van der Waals surface area contributed by atoms with Gasteiger partial charge in [0.15, 0.2) is 0 Å². The maximum atomic E-state index is 11.8. The zero-order chi connectivity index (χ0) is 13.7. The molecule has 0 spiro atoms. The van der Waals surface area contributed by atoms with Gasteiger partial charge in [-0.2, -0.15) is 0 Å². The number of hydrogen-bond donors (Lipinski definition) is 1. The summed E-state index contributed by atoms with van der Waals surface area (Å²) in [5.41, 5.74) is 1.12. The fourth-order valence-corrected chi connectivity index (χ4v) is 2.03. The lowest BCUT2D eigenvalue weighted by Crippen LogP contribution is -2.19. The van der Waals surface area contributed by atoms with E-state index in [2.05, 4.69) is 10.1 Å². The summed E-state index contributed by atoms with van der Waals surface area (Å²) in [6.07, 6.45) is 2.37. The van der Waals surface area contributed by atoms with Gasteiger partial charge >= 0.3 is 5.97 Å². The molecule has 0 bridgehead atoms. The minimum Gasteiger partial charge on any atom is -0.465 e. The minimum absolute atomic E-state index is 0.0364. The third-order valence-electron chi connectivity index (χ3n) is 3.03. The first-order valence-electron chi connectivity index (χ1n) is 6.29. The molecule has 1 atom stereocenters. The smallest absolute Gasteiger partial charge is 0.337 e. The van der Waals surface area contributed by atoms with Crippen LogP contribution in [0, 0.1) is 0 Å². The fraction of sp³-hybridized carbons (Fsp3) is 0.429. The van der Waals surface area contributed by atoms with Crippen molar-refractivity contribution in [3.63, 3.8) is 0 Å². The molecule has 2 rings (SSSR count). The predicted molar refractivity (Wildman–Crippen MR) is 70.0 cm³/mol. The van der Waals surface area contributed by atoms with Gasteiger partial charge in [0.1, 0.15) is 0 Å². The van der Waals surface area contributed by atoms with E-state index in [0.717, 1.165) is 19.4 Å². The number of anilines is 1. The van der Waals surface area contributed by atoms with Crippen LogP contribution in [0.15, 0.2) is 24.3 Å². The number of ether oxygens (including phenoxy) is 2. The number of methoxy groups -OCH3 is 1. The molecular weight excluding hydrogens is 246 g/mol. The Labute approximate surface area is 111 Å². The Morgan fingerprint density at radius 2 is 2.11 bits per heavy atom. The van der Waals surface area contributed by atoms with Crippen molar-refractivity contribution in [2.45, 2.75) is 25.4 Å². The van der Waals surface area contributed by atoms with Crippen molar-refractivity contribution in [3.05, 3.63) is 29.8 Å². The molecule has 0 saturated carbocycles. The number of hydrogen-bond acceptors (Lipinski definition) is 4. The number of carbonyl (C=O) groups excluding carboxylic acids is 2. The second-order valence-electron chi connectivity index (χ2n) is 4.46. The molecule has 0 aliphatic carbocycles. The zero-order valence-corrected chi connectivity index (χ0v) is 10.8.